The van der Waals surface area contributed by atoms with Gasteiger partial charge in [-0.25, -0.2) is 4.98 Å². The number of hydrogen-bond donors (Lipinski definition) is 2. The predicted octanol–water partition coefficient (Wildman–Crippen LogP) is 0.938. The van der Waals surface area contributed by atoms with Crippen molar-refractivity contribution in [2.24, 2.45) is 5.92 Å². The van der Waals surface area contributed by atoms with Crippen LogP contribution in [-0.4, -0.2) is 98.7 Å². The summed E-state index contributed by atoms with van der Waals surface area (Å²) < 4.78 is 1.96. The van der Waals surface area contributed by atoms with Crippen LogP contribution in [0.25, 0.3) is 11.2 Å². The van der Waals surface area contributed by atoms with Gasteiger partial charge in [0.15, 0.2) is 17.0 Å². The molecule has 1 unspecified atom stereocenters. The molecule has 1 atom stereocenters. The fraction of sp³-hybridized carbons (Fsp3) is 0.696. The first-order chi connectivity index (χ1) is 16.5. The van der Waals surface area contributed by atoms with E-state index < -0.39 is 0 Å². The summed E-state index contributed by atoms with van der Waals surface area (Å²) in [6.07, 6.45) is 5.03. The maximum absolute atomic E-state index is 13.0. The second-order valence-electron chi connectivity index (χ2n) is 8.91. The third kappa shape index (κ3) is 5.08. The summed E-state index contributed by atoms with van der Waals surface area (Å²) in [5.41, 5.74) is 1.33. The fourth-order valence-corrected chi connectivity index (χ4v) is 4.86. The predicted molar refractivity (Wildman–Crippen MR) is 130 cm³/mol. The molecular formula is C23H36N8O3. The van der Waals surface area contributed by atoms with E-state index in [1.165, 1.54) is 0 Å². The largest absolute Gasteiger partial charge is 0.395 e. The van der Waals surface area contributed by atoms with Crippen LogP contribution in [0.4, 0.5) is 11.8 Å². The molecule has 2 aliphatic rings. The van der Waals surface area contributed by atoms with E-state index >= 15 is 0 Å². The molecule has 2 N–H and O–H groups in total. The van der Waals surface area contributed by atoms with Crippen LogP contribution < -0.4 is 10.2 Å². The highest BCUT2D eigenvalue weighted by Gasteiger charge is 2.30. The molecule has 0 bridgehead atoms. The number of aromatic nitrogens is 4. The van der Waals surface area contributed by atoms with E-state index in [-0.39, 0.29) is 24.3 Å². The van der Waals surface area contributed by atoms with Gasteiger partial charge in [-0.15, -0.1) is 0 Å². The van der Waals surface area contributed by atoms with Gasteiger partial charge >= 0.3 is 0 Å². The molecule has 0 spiro atoms. The molecule has 0 radical (unpaired) electrons. The maximum atomic E-state index is 13.0. The summed E-state index contributed by atoms with van der Waals surface area (Å²) in [4.78, 5) is 45.0. The molecule has 2 fully saturated rings. The zero-order valence-corrected chi connectivity index (χ0v) is 20.2. The number of anilines is 2. The Hall–Kier alpha value is -2.95. The number of rotatable bonds is 10. The highest BCUT2D eigenvalue weighted by molar-refractivity contribution is 5.85. The van der Waals surface area contributed by atoms with Crippen molar-refractivity contribution in [2.75, 3.05) is 62.6 Å². The van der Waals surface area contributed by atoms with Crippen molar-refractivity contribution in [2.45, 2.75) is 46.1 Å². The van der Waals surface area contributed by atoms with Crippen LogP contribution in [0.1, 0.15) is 39.5 Å². The summed E-state index contributed by atoms with van der Waals surface area (Å²) >= 11 is 0. The molecule has 0 aliphatic carbocycles. The molecule has 0 saturated carbocycles. The van der Waals surface area contributed by atoms with Gasteiger partial charge in [0.25, 0.3) is 0 Å². The van der Waals surface area contributed by atoms with Gasteiger partial charge in [-0.3, -0.25) is 9.59 Å². The van der Waals surface area contributed by atoms with E-state index in [2.05, 4.69) is 15.2 Å². The zero-order valence-electron chi connectivity index (χ0n) is 20.2. The van der Waals surface area contributed by atoms with Gasteiger partial charge in [-0.2, -0.15) is 9.97 Å². The summed E-state index contributed by atoms with van der Waals surface area (Å²) in [5.74, 6) is 1.44. The Balaban J connectivity index is 1.59. The summed E-state index contributed by atoms with van der Waals surface area (Å²) in [7, 11) is 0. The van der Waals surface area contributed by atoms with Crippen molar-refractivity contribution in [1.29, 1.82) is 0 Å². The quantitative estimate of drug-likeness (QED) is 0.524. The molecule has 2 aromatic heterocycles. The van der Waals surface area contributed by atoms with Gasteiger partial charge in [0, 0.05) is 58.8 Å². The van der Waals surface area contributed by atoms with Crippen LogP contribution in [0.3, 0.4) is 0 Å². The topological polar surface area (TPSA) is 120 Å². The lowest BCUT2D eigenvalue weighted by atomic mass is 9.96. The van der Waals surface area contributed by atoms with Gasteiger partial charge in [-0.05, 0) is 33.1 Å². The summed E-state index contributed by atoms with van der Waals surface area (Å²) in [5, 5.41) is 12.5. The Morgan fingerprint density at radius 1 is 1.21 bits per heavy atom. The van der Waals surface area contributed by atoms with E-state index in [9.17, 15) is 14.7 Å². The molecule has 2 aromatic rings. The fourth-order valence-electron chi connectivity index (χ4n) is 4.86. The molecule has 0 aromatic carbocycles. The van der Waals surface area contributed by atoms with Crippen molar-refractivity contribution >= 4 is 34.7 Å². The SMILES string of the molecule is CCN(CC)C(=O)C1CCCN(c2nc(NCCO)c3ncn(CCN4CCCC4=O)c3n2)C1. The van der Waals surface area contributed by atoms with Gasteiger partial charge in [0.2, 0.25) is 17.8 Å². The normalized spacial score (nSPS) is 18.7. The van der Waals surface area contributed by atoms with E-state index in [1.54, 1.807) is 6.33 Å². The minimum absolute atomic E-state index is 0.0250. The number of nitrogens with one attached hydrogen (secondary N) is 1. The van der Waals surface area contributed by atoms with Gasteiger partial charge in [-0.1, -0.05) is 0 Å². The number of fused-ring (bicyclic) bond motifs is 1. The molecule has 11 nitrogen and oxygen atoms in total. The van der Waals surface area contributed by atoms with Crippen molar-refractivity contribution in [3.05, 3.63) is 6.33 Å². The first-order valence-corrected chi connectivity index (χ1v) is 12.4. The number of hydrogen-bond acceptors (Lipinski definition) is 8. The zero-order chi connectivity index (χ0) is 24.1. The highest BCUT2D eigenvalue weighted by atomic mass is 16.3. The van der Waals surface area contributed by atoms with E-state index in [1.807, 2.05) is 28.2 Å². The number of carbonyl (C=O) groups excluding carboxylic acids is 2. The van der Waals surface area contributed by atoms with Crippen LogP contribution in [0, 0.1) is 5.92 Å². The number of aliphatic hydroxyl groups is 1. The number of likely N-dealkylation sites (tertiary alicyclic amines) is 1. The van der Waals surface area contributed by atoms with E-state index in [0.29, 0.717) is 68.6 Å². The smallest absolute Gasteiger partial charge is 0.229 e. The van der Waals surface area contributed by atoms with Crippen LogP contribution in [0.15, 0.2) is 6.33 Å². The third-order valence-electron chi connectivity index (χ3n) is 6.77. The van der Waals surface area contributed by atoms with Crippen LogP contribution in [-0.2, 0) is 16.1 Å². The van der Waals surface area contributed by atoms with E-state index in [4.69, 9.17) is 9.97 Å². The number of aliphatic hydroxyl groups excluding tert-OH is 1. The first kappa shape index (κ1) is 24.2. The number of amides is 2. The number of carbonyl (C=O) groups is 2. The van der Waals surface area contributed by atoms with Crippen molar-refractivity contribution in [1.82, 2.24) is 29.3 Å². The Morgan fingerprint density at radius 3 is 2.74 bits per heavy atom. The second-order valence-corrected chi connectivity index (χ2v) is 8.91. The number of imidazole rings is 1. The van der Waals surface area contributed by atoms with Crippen molar-refractivity contribution < 1.29 is 14.7 Å². The molecule has 4 rings (SSSR count). The lowest BCUT2D eigenvalue weighted by Gasteiger charge is -2.34. The highest BCUT2D eigenvalue weighted by Crippen LogP contribution is 2.27. The van der Waals surface area contributed by atoms with Gasteiger partial charge < -0.3 is 29.7 Å². The minimum Gasteiger partial charge on any atom is -0.395 e. The van der Waals surface area contributed by atoms with Gasteiger partial charge in [0.05, 0.1) is 18.9 Å². The first-order valence-electron chi connectivity index (χ1n) is 12.4. The average molecular weight is 473 g/mol. The number of nitrogens with zero attached hydrogens (tertiary/aromatic N) is 7. The van der Waals surface area contributed by atoms with Crippen LogP contribution >= 0.6 is 0 Å². The molecule has 4 heterocycles. The van der Waals surface area contributed by atoms with E-state index in [0.717, 1.165) is 32.4 Å². The summed E-state index contributed by atoms with van der Waals surface area (Å²) in [6, 6.07) is 0. The standard InChI is InChI=1S/C23H36N8O3/c1-3-28(4-2)22(34)17-7-5-11-30(15-17)23-26-20(24-9-14-32)19-21(27-23)31(16-25-19)13-12-29-10-6-8-18(29)33/h16-17,32H,3-15H2,1-2H3,(H,24,26,27). The Kier molecular flexibility index (Phi) is 7.81. The van der Waals surface area contributed by atoms with Crippen molar-refractivity contribution in [3.63, 3.8) is 0 Å². The lowest BCUT2D eigenvalue weighted by Crippen LogP contribution is -2.45. The number of piperidine rings is 1. The molecule has 186 valence electrons. The van der Waals surface area contributed by atoms with Crippen LogP contribution in [0.5, 0.6) is 0 Å². The third-order valence-corrected chi connectivity index (χ3v) is 6.77. The molecule has 2 amide bonds. The second kappa shape index (κ2) is 11.0. The Morgan fingerprint density at radius 2 is 2.03 bits per heavy atom. The maximum Gasteiger partial charge on any atom is 0.229 e. The van der Waals surface area contributed by atoms with Crippen LogP contribution in [0.2, 0.25) is 0 Å². The monoisotopic (exact) mass is 472 g/mol. The molecular weight excluding hydrogens is 436 g/mol. The Bertz CT molecular complexity index is 1010. The minimum atomic E-state index is -0.0760. The summed E-state index contributed by atoms with van der Waals surface area (Å²) in [6.45, 7) is 9.14. The molecule has 2 saturated heterocycles. The average Bonchev–Trinajstić information content (AvgIpc) is 3.47. The molecule has 2 aliphatic heterocycles. The Labute approximate surface area is 200 Å². The lowest BCUT2D eigenvalue weighted by molar-refractivity contribution is -0.135. The van der Waals surface area contributed by atoms with Crippen molar-refractivity contribution in [3.8, 4) is 0 Å². The molecule has 11 heteroatoms. The van der Waals surface area contributed by atoms with Gasteiger partial charge in [0.1, 0.15) is 0 Å². The molecule has 34 heavy (non-hydrogen) atoms.